The Morgan fingerprint density at radius 2 is 2.33 bits per heavy atom. The van der Waals surface area contributed by atoms with Crippen LogP contribution >= 0.6 is 0 Å². The molecule has 4 heteroatoms. The van der Waals surface area contributed by atoms with Gasteiger partial charge in [-0.2, -0.15) is 4.98 Å². The molecule has 0 spiro atoms. The maximum atomic E-state index is 9.10. The van der Waals surface area contributed by atoms with Crippen LogP contribution in [0.25, 0.3) is 0 Å². The van der Waals surface area contributed by atoms with Gasteiger partial charge in [-0.15, -0.1) is 0 Å². The van der Waals surface area contributed by atoms with Gasteiger partial charge in [-0.1, -0.05) is 0 Å². The van der Waals surface area contributed by atoms with Crippen LogP contribution in [-0.2, 0) is 10.2 Å². The Hall–Kier alpha value is -1.16. The van der Waals surface area contributed by atoms with Gasteiger partial charge in [0.15, 0.2) is 0 Å². The molecule has 2 heterocycles. The number of aromatic nitrogens is 2. The van der Waals surface area contributed by atoms with Crippen molar-refractivity contribution in [3.63, 3.8) is 0 Å². The molecule has 0 saturated carbocycles. The smallest absolute Gasteiger partial charge is 0.214 e. The quantitative estimate of drug-likeness (QED) is 0.658. The molecule has 0 radical (unpaired) electrons. The van der Waals surface area contributed by atoms with Crippen molar-refractivity contribution < 1.29 is 9.84 Å². The fourth-order valence-corrected chi connectivity index (χ4v) is 1.18. The van der Waals surface area contributed by atoms with Gasteiger partial charge in [0.05, 0.1) is 18.6 Å². The van der Waals surface area contributed by atoms with E-state index in [1.807, 2.05) is 6.92 Å². The lowest BCUT2D eigenvalue weighted by molar-refractivity contribution is -0.0545. The maximum absolute atomic E-state index is 9.10. The van der Waals surface area contributed by atoms with E-state index in [2.05, 4.69) is 9.97 Å². The van der Waals surface area contributed by atoms with E-state index >= 15 is 0 Å². The molecule has 4 nitrogen and oxygen atoms in total. The van der Waals surface area contributed by atoms with Gasteiger partial charge in [-0.3, -0.25) is 0 Å². The Morgan fingerprint density at radius 3 is 2.83 bits per heavy atom. The second kappa shape index (κ2) is 2.42. The van der Waals surface area contributed by atoms with Crippen molar-refractivity contribution in [3.8, 4) is 5.88 Å². The average molecular weight is 166 g/mol. The molecule has 1 aliphatic rings. The van der Waals surface area contributed by atoms with Crippen LogP contribution in [0, 0.1) is 0 Å². The number of nitrogens with zero attached hydrogens (tertiary/aromatic N) is 2. The molecule has 1 N–H and O–H groups in total. The summed E-state index contributed by atoms with van der Waals surface area (Å²) in [6.45, 7) is 3.29. The molecule has 12 heavy (non-hydrogen) atoms. The van der Waals surface area contributed by atoms with Crippen molar-refractivity contribution >= 4 is 0 Å². The van der Waals surface area contributed by atoms with Crippen LogP contribution in [0.5, 0.6) is 5.88 Å². The number of ether oxygens (including phenoxy) is 1. The number of rotatable bonds is 1. The third-order valence-electron chi connectivity index (χ3n) is 2.02. The summed E-state index contributed by atoms with van der Waals surface area (Å²) in [5.41, 5.74) is -0.0985. The van der Waals surface area contributed by atoms with E-state index < -0.39 is 0 Å². The lowest BCUT2D eigenvalue weighted by atomic mass is 9.88. The van der Waals surface area contributed by atoms with Crippen LogP contribution in [0.3, 0.4) is 0 Å². The summed E-state index contributed by atoms with van der Waals surface area (Å²) < 4.78 is 5.07. The molecule has 1 fully saturated rings. The molecule has 1 aliphatic heterocycles. The summed E-state index contributed by atoms with van der Waals surface area (Å²) in [7, 11) is 0. The van der Waals surface area contributed by atoms with E-state index in [-0.39, 0.29) is 11.3 Å². The molecule has 2 rings (SSSR count). The van der Waals surface area contributed by atoms with E-state index in [9.17, 15) is 0 Å². The van der Waals surface area contributed by atoms with Gasteiger partial charge < -0.3 is 9.84 Å². The SMILES string of the molecule is CC1(c2nccc(O)n2)COC1. The predicted molar refractivity (Wildman–Crippen MR) is 41.9 cm³/mol. The predicted octanol–water partition coefficient (Wildman–Crippen LogP) is 0.470. The minimum atomic E-state index is -0.0985. The summed E-state index contributed by atoms with van der Waals surface area (Å²) in [5.74, 6) is 0.682. The zero-order chi connectivity index (χ0) is 8.60. The zero-order valence-corrected chi connectivity index (χ0v) is 6.82. The Morgan fingerprint density at radius 1 is 1.58 bits per heavy atom. The Balaban J connectivity index is 2.33. The highest BCUT2D eigenvalue weighted by molar-refractivity contribution is 5.15. The molecule has 0 bridgehead atoms. The largest absolute Gasteiger partial charge is 0.493 e. The molecule has 0 amide bonds. The Labute approximate surface area is 70.2 Å². The first-order valence-electron chi connectivity index (χ1n) is 3.81. The molecule has 0 atom stereocenters. The van der Waals surface area contributed by atoms with E-state index in [1.54, 1.807) is 6.20 Å². The normalized spacial score (nSPS) is 20.1. The zero-order valence-electron chi connectivity index (χ0n) is 6.82. The highest BCUT2D eigenvalue weighted by Gasteiger charge is 2.38. The third kappa shape index (κ3) is 1.04. The van der Waals surface area contributed by atoms with Crippen LogP contribution in [0.2, 0.25) is 0 Å². The molecule has 0 unspecified atom stereocenters. The van der Waals surface area contributed by atoms with Crippen LogP contribution in [0.1, 0.15) is 12.7 Å². The lowest BCUT2D eigenvalue weighted by Gasteiger charge is -2.36. The molecule has 1 aromatic heterocycles. The van der Waals surface area contributed by atoms with Crippen LogP contribution in [0.15, 0.2) is 12.3 Å². The van der Waals surface area contributed by atoms with Crippen molar-refractivity contribution in [1.82, 2.24) is 9.97 Å². The molecule has 1 saturated heterocycles. The summed E-state index contributed by atoms with van der Waals surface area (Å²) >= 11 is 0. The summed E-state index contributed by atoms with van der Waals surface area (Å²) in [5, 5.41) is 9.10. The first-order valence-corrected chi connectivity index (χ1v) is 3.81. The van der Waals surface area contributed by atoms with Gasteiger partial charge >= 0.3 is 0 Å². The molecular weight excluding hydrogens is 156 g/mol. The Kier molecular flexibility index (Phi) is 1.51. The van der Waals surface area contributed by atoms with Crippen molar-refractivity contribution in [2.24, 2.45) is 0 Å². The second-order valence-electron chi connectivity index (χ2n) is 3.29. The van der Waals surface area contributed by atoms with E-state index in [1.165, 1.54) is 6.07 Å². The van der Waals surface area contributed by atoms with Crippen molar-refractivity contribution in [2.75, 3.05) is 13.2 Å². The summed E-state index contributed by atoms with van der Waals surface area (Å²) in [4.78, 5) is 8.01. The average Bonchev–Trinajstić information content (AvgIpc) is 2.00. The minimum Gasteiger partial charge on any atom is -0.493 e. The van der Waals surface area contributed by atoms with Gasteiger partial charge in [-0.05, 0) is 6.92 Å². The Bertz CT molecular complexity index is 297. The first-order chi connectivity index (χ1) is 5.71. The van der Waals surface area contributed by atoms with Crippen LogP contribution in [-0.4, -0.2) is 28.3 Å². The minimum absolute atomic E-state index is 0.0214. The summed E-state index contributed by atoms with van der Waals surface area (Å²) in [6, 6.07) is 1.46. The van der Waals surface area contributed by atoms with E-state index in [0.29, 0.717) is 19.0 Å². The number of aromatic hydroxyl groups is 1. The van der Waals surface area contributed by atoms with Crippen LogP contribution in [0.4, 0.5) is 0 Å². The summed E-state index contributed by atoms with van der Waals surface area (Å²) in [6.07, 6.45) is 1.56. The second-order valence-corrected chi connectivity index (χ2v) is 3.29. The van der Waals surface area contributed by atoms with Gasteiger partial charge in [0.1, 0.15) is 5.82 Å². The fraction of sp³-hybridized carbons (Fsp3) is 0.500. The van der Waals surface area contributed by atoms with Gasteiger partial charge in [0.2, 0.25) is 5.88 Å². The molecule has 0 aromatic carbocycles. The van der Waals surface area contributed by atoms with Crippen molar-refractivity contribution in [3.05, 3.63) is 18.1 Å². The van der Waals surface area contributed by atoms with Crippen molar-refractivity contribution in [2.45, 2.75) is 12.3 Å². The van der Waals surface area contributed by atoms with Gasteiger partial charge in [-0.25, -0.2) is 4.98 Å². The molecular formula is C8H10N2O2. The highest BCUT2D eigenvalue weighted by atomic mass is 16.5. The first kappa shape index (κ1) is 7.49. The number of hydrogen-bond donors (Lipinski definition) is 1. The van der Waals surface area contributed by atoms with E-state index in [4.69, 9.17) is 9.84 Å². The number of hydrogen-bond acceptors (Lipinski definition) is 4. The maximum Gasteiger partial charge on any atom is 0.214 e. The molecule has 0 aliphatic carbocycles. The van der Waals surface area contributed by atoms with Gasteiger partial charge in [0.25, 0.3) is 0 Å². The molecule has 64 valence electrons. The van der Waals surface area contributed by atoms with Crippen LogP contribution < -0.4 is 0 Å². The monoisotopic (exact) mass is 166 g/mol. The highest BCUT2D eigenvalue weighted by Crippen LogP contribution is 2.29. The van der Waals surface area contributed by atoms with Crippen molar-refractivity contribution in [1.29, 1.82) is 0 Å². The van der Waals surface area contributed by atoms with E-state index in [0.717, 1.165) is 0 Å². The third-order valence-corrected chi connectivity index (χ3v) is 2.02. The topological polar surface area (TPSA) is 55.2 Å². The molecule has 1 aromatic rings. The van der Waals surface area contributed by atoms with Gasteiger partial charge in [0, 0.05) is 12.3 Å². The fourth-order valence-electron chi connectivity index (χ4n) is 1.18. The standard InChI is InChI=1S/C8H10N2O2/c1-8(4-12-5-8)7-9-3-2-6(11)10-7/h2-3H,4-5H2,1H3,(H,9,10,11). The lowest BCUT2D eigenvalue weighted by Crippen LogP contribution is -2.45.